The third kappa shape index (κ3) is 11.4. The summed E-state index contributed by atoms with van der Waals surface area (Å²) in [7, 11) is 3.90. The Kier molecular flexibility index (Phi) is 11.9. The van der Waals surface area contributed by atoms with E-state index in [1.54, 1.807) is 54.8 Å². The predicted molar refractivity (Wildman–Crippen MR) is 150 cm³/mol. The van der Waals surface area contributed by atoms with Crippen LogP contribution in [0.1, 0.15) is 50.7 Å². The smallest absolute Gasteiger partial charge is 0.412 e. The van der Waals surface area contributed by atoms with Crippen molar-refractivity contribution in [1.82, 2.24) is 20.1 Å². The van der Waals surface area contributed by atoms with Gasteiger partial charge in [0.25, 0.3) is 5.91 Å². The first-order chi connectivity index (χ1) is 17.8. The number of ether oxygens (including phenoxy) is 2. The van der Waals surface area contributed by atoms with Gasteiger partial charge in [0.05, 0.1) is 24.1 Å². The van der Waals surface area contributed by atoms with Crippen molar-refractivity contribution in [2.24, 2.45) is 0 Å². The molecule has 0 aliphatic carbocycles. The van der Waals surface area contributed by atoms with Crippen LogP contribution in [0.5, 0.6) is 0 Å². The minimum atomic E-state index is -0.639. The maximum atomic E-state index is 12.8. The van der Waals surface area contributed by atoms with Gasteiger partial charge in [-0.15, -0.1) is 11.3 Å². The van der Waals surface area contributed by atoms with Crippen LogP contribution in [0, 0.1) is 0 Å². The quantitative estimate of drug-likeness (QED) is 0.339. The topological polar surface area (TPSA) is 125 Å². The molecule has 0 aliphatic rings. The lowest BCUT2D eigenvalue weighted by Gasteiger charge is -2.25. The number of rotatable bonds is 12. The molecule has 4 amide bonds. The lowest BCUT2D eigenvalue weighted by molar-refractivity contribution is 0.0635. The largest absolute Gasteiger partial charge is 0.444 e. The van der Waals surface area contributed by atoms with E-state index in [9.17, 15) is 14.4 Å². The molecule has 0 unspecified atom stereocenters. The standard InChI is InChI=1S/C26H40N6O5S/c1-18(2)36-13-10-27-24(34)32(12-11-31(6)7)15-19-8-9-20(28-14-19)23(33)29-21-16-38-17-22(21)30-25(35)37-26(3,4)5/h8-9,14,16-18H,10-13,15H2,1-7H3,(H,27,34)(H,29,33)(H,30,35). The number of amides is 4. The van der Waals surface area contributed by atoms with E-state index in [1.807, 2.05) is 32.8 Å². The molecule has 2 heterocycles. The number of aromatic nitrogens is 1. The molecule has 38 heavy (non-hydrogen) atoms. The van der Waals surface area contributed by atoms with Gasteiger partial charge in [-0.05, 0) is 60.3 Å². The SMILES string of the molecule is CC(C)OCCNC(=O)N(CCN(C)C)Cc1ccc(C(=O)Nc2cscc2NC(=O)OC(C)(C)C)nc1. The molecule has 0 aromatic carbocycles. The molecule has 0 radical (unpaired) electrons. The maximum Gasteiger partial charge on any atom is 0.412 e. The molecule has 2 aromatic rings. The molecule has 0 spiro atoms. The number of thiophene rings is 1. The van der Waals surface area contributed by atoms with Crippen LogP contribution in [0.25, 0.3) is 0 Å². The number of carbonyl (C=O) groups is 3. The molecule has 2 rings (SSSR count). The number of hydrogen-bond acceptors (Lipinski definition) is 8. The number of nitrogens with one attached hydrogen (secondary N) is 3. The van der Waals surface area contributed by atoms with Crippen molar-refractivity contribution >= 4 is 40.7 Å². The molecular weight excluding hydrogens is 508 g/mol. The van der Waals surface area contributed by atoms with Crippen LogP contribution in [0.2, 0.25) is 0 Å². The minimum Gasteiger partial charge on any atom is -0.444 e. The molecule has 0 aliphatic heterocycles. The Labute approximate surface area is 228 Å². The van der Waals surface area contributed by atoms with Crippen LogP contribution >= 0.6 is 11.3 Å². The molecule has 0 atom stereocenters. The van der Waals surface area contributed by atoms with Crippen LogP contribution in [0.4, 0.5) is 21.0 Å². The van der Waals surface area contributed by atoms with Crippen molar-refractivity contribution < 1.29 is 23.9 Å². The molecule has 3 N–H and O–H groups in total. The normalized spacial score (nSPS) is 11.4. The fourth-order valence-electron chi connectivity index (χ4n) is 3.10. The molecule has 2 aromatic heterocycles. The van der Waals surface area contributed by atoms with E-state index < -0.39 is 17.6 Å². The highest BCUT2D eigenvalue weighted by atomic mass is 32.1. The zero-order valence-electron chi connectivity index (χ0n) is 23.3. The Morgan fingerprint density at radius 3 is 2.32 bits per heavy atom. The molecule has 11 nitrogen and oxygen atoms in total. The predicted octanol–water partition coefficient (Wildman–Crippen LogP) is 4.24. The van der Waals surface area contributed by atoms with Gasteiger partial charge in [-0.25, -0.2) is 9.59 Å². The molecule has 210 valence electrons. The van der Waals surface area contributed by atoms with E-state index in [0.29, 0.717) is 44.2 Å². The summed E-state index contributed by atoms with van der Waals surface area (Å²) in [5.74, 6) is -0.422. The third-order valence-corrected chi connectivity index (χ3v) is 5.65. The third-order valence-electron chi connectivity index (χ3n) is 4.91. The van der Waals surface area contributed by atoms with Crippen molar-refractivity contribution in [3.8, 4) is 0 Å². The lowest BCUT2D eigenvalue weighted by Crippen LogP contribution is -2.43. The summed E-state index contributed by atoms with van der Waals surface area (Å²) in [6, 6.07) is 3.19. The average Bonchev–Trinajstić information content (AvgIpc) is 3.24. The Hall–Kier alpha value is -3.22. The van der Waals surface area contributed by atoms with Gasteiger partial charge >= 0.3 is 12.1 Å². The first-order valence-electron chi connectivity index (χ1n) is 12.5. The van der Waals surface area contributed by atoms with E-state index in [2.05, 4.69) is 20.9 Å². The van der Waals surface area contributed by atoms with Crippen molar-refractivity contribution in [2.75, 3.05) is 51.0 Å². The van der Waals surface area contributed by atoms with Gasteiger partial charge in [0.1, 0.15) is 11.3 Å². The van der Waals surface area contributed by atoms with Crippen molar-refractivity contribution in [3.63, 3.8) is 0 Å². The summed E-state index contributed by atoms with van der Waals surface area (Å²) >= 11 is 1.33. The summed E-state index contributed by atoms with van der Waals surface area (Å²) in [6.45, 7) is 11.6. The molecule has 0 saturated heterocycles. The first-order valence-corrected chi connectivity index (χ1v) is 13.4. The second-order valence-electron chi connectivity index (χ2n) is 10.2. The van der Waals surface area contributed by atoms with E-state index in [1.165, 1.54) is 11.3 Å². The number of pyridine rings is 1. The van der Waals surface area contributed by atoms with E-state index >= 15 is 0 Å². The van der Waals surface area contributed by atoms with Gasteiger partial charge in [0, 0.05) is 43.1 Å². The van der Waals surface area contributed by atoms with Gasteiger partial charge in [0.2, 0.25) is 0 Å². The average molecular weight is 549 g/mol. The zero-order chi connectivity index (χ0) is 28.3. The number of hydrogen-bond donors (Lipinski definition) is 3. The summed E-state index contributed by atoms with van der Waals surface area (Å²) in [4.78, 5) is 45.6. The summed E-state index contributed by atoms with van der Waals surface area (Å²) in [5, 5.41) is 11.7. The summed E-state index contributed by atoms with van der Waals surface area (Å²) in [6.07, 6.45) is 1.08. The van der Waals surface area contributed by atoms with Crippen LogP contribution in [0.3, 0.4) is 0 Å². The van der Waals surface area contributed by atoms with Crippen LogP contribution in [-0.2, 0) is 16.0 Å². The Morgan fingerprint density at radius 1 is 1.05 bits per heavy atom. The molecule has 0 fully saturated rings. The fraction of sp³-hybridized carbons (Fsp3) is 0.538. The Bertz CT molecular complexity index is 1050. The van der Waals surface area contributed by atoms with Crippen LogP contribution in [-0.4, -0.2) is 84.9 Å². The minimum absolute atomic E-state index is 0.103. The highest BCUT2D eigenvalue weighted by molar-refractivity contribution is 7.09. The second-order valence-corrected chi connectivity index (χ2v) is 11.0. The first kappa shape index (κ1) is 31.0. The fourth-order valence-corrected chi connectivity index (χ4v) is 3.81. The van der Waals surface area contributed by atoms with Crippen molar-refractivity contribution in [2.45, 2.75) is 52.9 Å². The monoisotopic (exact) mass is 548 g/mol. The lowest BCUT2D eigenvalue weighted by atomic mass is 10.2. The molecule has 0 bridgehead atoms. The highest BCUT2D eigenvalue weighted by Gasteiger charge is 2.19. The Balaban J connectivity index is 1.99. The van der Waals surface area contributed by atoms with Crippen LogP contribution < -0.4 is 16.0 Å². The number of likely N-dealkylation sites (N-methyl/N-ethyl adjacent to an activating group) is 1. The van der Waals surface area contributed by atoms with Crippen molar-refractivity contribution in [1.29, 1.82) is 0 Å². The van der Waals surface area contributed by atoms with Gasteiger partial charge in [0.15, 0.2) is 0 Å². The van der Waals surface area contributed by atoms with E-state index in [0.717, 1.165) is 5.56 Å². The molecular formula is C26H40N6O5S. The molecule has 12 heteroatoms. The van der Waals surface area contributed by atoms with Gasteiger partial charge in [-0.2, -0.15) is 0 Å². The summed E-state index contributed by atoms with van der Waals surface area (Å²) < 4.78 is 10.8. The van der Waals surface area contributed by atoms with E-state index in [-0.39, 0.29) is 17.8 Å². The van der Waals surface area contributed by atoms with E-state index in [4.69, 9.17) is 9.47 Å². The molecule has 0 saturated carbocycles. The zero-order valence-corrected chi connectivity index (χ0v) is 24.1. The Morgan fingerprint density at radius 2 is 1.74 bits per heavy atom. The maximum absolute atomic E-state index is 12.8. The highest BCUT2D eigenvalue weighted by Crippen LogP contribution is 2.27. The summed E-state index contributed by atoms with van der Waals surface area (Å²) in [5.41, 5.74) is 1.25. The van der Waals surface area contributed by atoms with Gasteiger partial charge < -0.3 is 29.9 Å². The number of anilines is 2. The number of urea groups is 1. The van der Waals surface area contributed by atoms with Gasteiger partial charge in [-0.3, -0.25) is 15.1 Å². The number of carbonyl (C=O) groups excluding carboxylic acids is 3. The second kappa shape index (κ2) is 14.6. The number of nitrogens with zero attached hydrogens (tertiary/aromatic N) is 3. The van der Waals surface area contributed by atoms with Crippen LogP contribution in [0.15, 0.2) is 29.1 Å². The van der Waals surface area contributed by atoms with Crippen molar-refractivity contribution in [3.05, 3.63) is 40.3 Å². The van der Waals surface area contributed by atoms with Gasteiger partial charge in [-0.1, -0.05) is 6.07 Å².